The lowest BCUT2D eigenvalue weighted by Gasteiger charge is -2.34. The van der Waals surface area contributed by atoms with E-state index >= 15 is 0 Å². The molecule has 1 aliphatic carbocycles. The first-order valence-electron chi connectivity index (χ1n) is 11.4. The third-order valence-corrected chi connectivity index (χ3v) is 6.15. The first-order chi connectivity index (χ1) is 16.0. The number of carbonyl (C=O) groups is 1. The number of carbonyl (C=O) groups excluding carboxylic acids is 1. The van der Waals surface area contributed by atoms with E-state index in [2.05, 4.69) is 6.08 Å². The second-order valence-electron chi connectivity index (χ2n) is 9.51. The normalized spacial score (nSPS) is 17.9. The fourth-order valence-corrected chi connectivity index (χ4v) is 4.30. The molecule has 34 heavy (non-hydrogen) atoms. The van der Waals surface area contributed by atoms with E-state index in [-0.39, 0.29) is 40.9 Å². The quantitative estimate of drug-likeness (QED) is 0.411. The van der Waals surface area contributed by atoms with Gasteiger partial charge in [0.15, 0.2) is 5.76 Å². The van der Waals surface area contributed by atoms with Gasteiger partial charge < -0.3 is 19.7 Å². The van der Waals surface area contributed by atoms with Gasteiger partial charge in [0.25, 0.3) is 0 Å². The van der Waals surface area contributed by atoms with Gasteiger partial charge in [-0.05, 0) is 60.3 Å². The maximum atomic E-state index is 13.7. The molecule has 0 amide bonds. The Morgan fingerprint density at radius 1 is 0.941 bits per heavy atom. The standard InChI is InChI=1S/C28H32O6/c1-16(2)7-6-8-18(5)10-12-28(11-9-17(3)4)25-23(15-21(31)27(28)33)34-22-14-19(29)13-20(30)24(22)26(25)32/h7,9-10,13-15,29-31H,6,8,11-12H2,1-5H3/b18-10-/t28-/m0/s1. The molecule has 0 spiro atoms. The van der Waals surface area contributed by atoms with Gasteiger partial charge in [0, 0.05) is 18.2 Å². The molecular formula is C28H32O6. The minimum absolute atomic E-state index is 0.0239. The second-order valence-corrected chi connectivity index (χ2v) is 9.51. The number of benzene rings is 1. The molecule has 0 saturated heterocycles. The molecule has 3 rings (SSSR count). The Kier molecular flexibility index (Phi) is 7.20. The smallest absolute Gasteiger partial charge is 0.208 e. The Morgan fingerprint density at radius 3 is 2.24 bits per heavy atom. The summed E-state index contributed by atoms with van der Waals surface area (Å²) in [6.45, 7) is 9.86. The van der Waals surface area contributed by atoms with Crippen LogP contribution >= 0.6 is 0 Å². The van der Waals surface area contributed by atoms with E-state index in [0.29, 0.717) is 0 Å². The summed E-state index contributed by atoms with van der Waals surface area (Å²) < 4.78 is 5.85. The first kappa shape index (κ1) is 25.1. The monoisotopic (exact) mass is 464 g/mol. The minimum atomic E-state index is -1.39. The highest BCUT2D eigenvalue weighted by Crippen LogP contribution is 2.43. The van der Waals surface area contributed by atoms with E-state index in [1.165, 1.54) is 11.6 Å². The Morgan fingerprint density at radius 2 is 1.59 bits per heavy atom. The van der Waals surface area contributed by atoms with Crippen LogP contribution < -0.4 is 5.43 Å². The highest BCUT2D eigenvalue weighted by atomic mass is 16.3. The van der Waals surface area contributed by atoms with Crippen molar-refractivity contribution in [2.75, 3.05) is 0 Å². The molecule has 6 nitrogen and oxygen atoms in total. The SMILES string of the molecule is CC(C)=CCC/C(C)=C\C[C@]1(CC=C(C)C)C(=O)C(O)=Cc2oc3cc(O)cc(O)c3c(=O)c21. The molecule has 1 heterocycles. The lowest BCUT2D eigenvalue weighted by atomic mass is 9.67. The van der Waals surface area contributed by atoms with Gasteiger partial charge in [-0.1, -0.05) is 34.9 Å². The van der Waals surface area contributed by atoms with Crippen molar-refractivity contribution in [2.24, 2.45) is 0 Å². The average Bonchev–Trinajstić information content (AvgIpc) is 2.72. The first-order valence-corrected chi connectivity index (χ1v) is 11.4. The number of aliphatic hydroxyl groups excluding tert-OH is 1. The minimum Gasteiger partial charge on any atom is -0.508 e. The number of aromatic hydroxyl groups is 2. The maximum Gasteiger partial charge on any atom is 0.208 e. The van der Waals surface area contributed by atoms with Gasteiger partial charge in [0.2, 0.25) is 11.2 Å². The average molecular weight is 465 g/mol. The van der Waals surface area contributed by atoms with Gasteiger partial charge in [0.1, 0.15) is 28.2 Å². The fraction of sp³-hybridized carbons (Fsp3) is 0.357. The number of Topliss-reactive ketones (excluding diaryl/α,β-unsaturated/α-hetero) is 1. The lowest BCUT2D eigenvalue weighted by molar-refractivity contribution is -0.123. The van der Waals surface area contributed by atoms with Crippen LogP contribution in [0, 0.1) is 0 Å². The number of allylic oxidation sites excluding steroid dienone is 7. The topological polar surface area (TPSA) is 108 Å². The van der Waals surface area contributed by atoms with Crippen LogP contribution in [0.15, 0.2) is 62.1 Å². The number of ketones is 1. The van der Waals surface area contributed by atoms with Crippen molar-refractivity contribution in [1.29, 1.82) is 0 Å². The van der Waals surface area contributed by atoms with Crippen LogP contribution in [0.1, 0.15) is 71.6 Å². The number of hydrogen-bond donors (Lipinski definition) is 3. The van der Waals surface area contributed by atoms with Crippen molar-refractivity contribution >= 4 is 22.8 Å². The molecule has 1 aromatic carbocycles. The second kappa shape index (κ2) is 9.75. The molecule has 0 fully saturated rings. The summed E-state index contributed by atoms with van der Waals surface area (Å²) in [7, 11) is 0. The van der Waals surface area contributed by atoms with Crippen LogP contribution in [0.5, 0.6) is 11.5 Å². The third kappa shape index (κ3) is 4.86. The summed E-state index contributed by atoms with van der Waals surface area (Å²) >= 11 is 0. The van der Waals surface area contributed by atoms with Gasteiger partial charge >= 0.3 is 0 Å². The summed E-state index contributed by atoms with van der Waals surface area (Å²) in [6.07, 6.45) is 9.15. The zero-order valence-corrected chi connectivity index (χ0v) is 20.4. The molecule has 0 saturated carbocycles. The molecule has 2 aromatic rings. The zero-order valence-electron chi connectivity index (χ0n) is 20.4. The predicted molar refractivity (Wildman–Crippen MR) is 134 cm³/mol. The van der Waals surface area contributed by atoms with Crippen molar-refractivity contribution in [1.82, 2.24) is 0 Å². The molecule has 0 radical (unpaired) electrons. The molecule has 1 aliphatic rings. The van der Waals surface area contributed by atoms with Crippen LogP contribution in [0.3, 0.4) is 0 Å². The van der Waals surface area contributed by atoms with Crippen LogP contribution in [-0.2, 0) is 10.2 Å². The molecule has 0 bridgehead atoms. The summed E-state index contributed by atoms with van der Waals surface area (Å²) in [6, 6.07) is 2.29. The van der Waals surface area contributed by atoms with Gasteiger partial charge in [-0.25, -0.2) is 0 Å². The van der Waals surface area contributed by atoms with Crippen LogP contribution in [-0.4, -0.2) is 21.1 Å². The van der Waals surface area contributed by atoms with Gasteiger partial charge in [-0.15, -0.1) is 0 Å². The van der Waals surface area contributed by atoms with Crippen LogP contribution in [0.2, 0.25) is 0 Å². The van der Waals surface area contributed by atoms with E-state index in [0.717, 1.165) is 36.1 Å². The van der Waals surface area contributed by atoms with E-state index in [1.54, 1.807) is 0 Å². The molecule has 1 atom stereocenters. The molecule has 0 aliphatic heterocycles. The van der Waals surface area contributed by atoms with Crippen molar-refractivity contribution in [3.8, 4) is 11.5 Å². The van der Waals surface area contributed by atoms with Crippen molar-refractivity contribution in [3.63, 3.8) is 0 Å². The summed E-state index contributed by atoms with van der Waals surface area (Å²) in [4.78, 5) is 27.2. The Bertz CT molecular complexity index is 1310. The molecule has 6 heteroatoms. The van der Waals surface area contributed by atoms with Crippen LogP contribution in [0.25, 0.3) is 17.0 Å². The molecule has 0 unspecified atom stereocenters. The summed E-state index contributed by atoms with van der Waals surface area (Å²) in [5.41, 5.74) is 1.40. The number of rotatable bonds is 7. The predicted octanol–water partition coefficient (Wildman–Crippen LogP) is 6.36. The van der Waals surface area contributed by atoms with E-state index in [1.807, 2.05) is 46.8 Å². The van der Waals surface area contributed by atoms with E-state index < -0.39 is 28.1 Å². The number of phenolic OH excluding ortho intramolecular Hbond substituents is 2. The summed E-state index contributed by atoms with van der Waals surface area (Å²) in [5.74, 6) is -1.69. The lowest BCUT2D eigenvalue weighted by Crippen LogP contribution is -2.43. The highest BCUT2D eigenvalue weighted by molar-refractivity contribution is 6.08. The van der Waals surface area contributed by atoms with Gasteiger partial charge in [-0.2, -0.15) is 0 Å². The number of phenols is 2. The largest absolute Gasteiger partial charge is 0.508 e. The Labute approximate surface area is 199 Å². The van der Waals surface area contributed by atoms with Crippen molar-refractivity contribution in [3.05, 3.63) is 74.4 Å². The van der Waals surface area contributed by atoms with E-state index in [4.69, 9.17) is 4.42 Å². The number of hydrogen-bond acceptors (Lipinski definition) is 6. The maximum absolute atomic E-state index is 13.7. The van der Waals surface area contributed by atoms with Gasteiger partial charge in [0.05, 0.1) is 11.0 Å². The summed E-state index contributed by atoms with van der Waals surface area (Å²) in [5, 5.41) is 30.7. The van der Waals surface area contributed by atoms with Crippen molar-refractivity contribution in [2.45, 2.75) is 65.7 Å². The molecule has 3 N–H and O–H groups in total. The Balaban J connectivity index is 2.25. The number of aliphatic hydroxyl groups is 1. The molecular weight excluding hydrogens is 432 g/mol. The number of fused-ring (bicyclic) bond motifs is 2. The third-order valence-electron chi connectivity index (χ3n) is 6.15. The zero-order chi connectivity index (χ0) is 25.2. The fourth-order valence-electron chi connectivity index (χ4n) is 4.30. The molecule has 1 aromatic heterocycles. The highest BCUT2D eigenvalue weighted by Gasteiger charge is 2.47. The van der Waals surface area contributed by atoms with Crippen molar-refractivity contribution < 1.29 is 24.5 Å². The van der Waals surface area contributed by atoms with Gasteiger partial charge in [-0.3, -0.25) is 9.59 Å². The van der Waals surface area contributed by atoms with Crippen LogP contribution in [0.4, 0.5) is 0 Å². The Hall–Kier alpha value is -3.54. The molecule has 180 valence electrons. The van der Waals surface area contributed by atoms with E-state index in [9.17, 15) is 24.9 Å².